The molecule has 0 spiro atoms. The van der Waals surface area contributed by atoms with Crippen molar-refractivity contribution in [1.29, 1.82) is 0 Å². The second kappa shape index (κ2) is 8.61. The summed E-state index contributed by atoms with van der Waals surface area (Å²) < 4.78 is 0. The van der Waals surface area contributed by atoms with Gasteiger partial charge in [-0.2, -0.15) is 0 Å². The van der Waals surface area contributed by atoms with Gasteiger partial charge in [-0.05, 0) is 30.7 Å². The van der Waals surface area contributed by atoms with Gasteiger partial charge in [0.1, 0.15) is 5.01 Å². The summed E-state index contributed by atoms with van der Waals surface area (Å²) in [5.41, 5.74) is 1.16. The maximum absolute atomic E-state index is 12.4. The van der Waals surface area contributed by atoms with Crippen LogP contribution in [-0.4, -0.2) is 71.4 Å². The Bertz CT molecular complexity index is 701. The molecule has 0 atom stereocenters. The molecule has 0 N–H and O–H groups in total. The molecule has 2 fully saturated rings. The van der Waals surface area contributed by atoms with E-state index in [-0.39, 0.29) is 0 Å². The van der Waals surface area contributed by atoms with Crippen LogP contribution in [0, 0.1) is 0 Å². The van der Waals surface area contributed by atoms with E-state index in [0.29, 0.717) is 12.5 Å². The van der Waals surface area contributed by atoms with E-state index in [4.69, 9.17) is 4.98 Å². The maximum Gasteiger partial charge on any atom is 0.236 e. The van der Waals surface area contributed by atoms with Crippen molar-refractivity contribution >= 4 is 28.6 Å². The van der Waals surface area contributed by atoms with Crippen LogP contribution >= 0.6 is 22.7 Å². The zero-order valence-electron chi connectivity index (χ0n) is 15.1. The van der Waals surface area contributed by atoms with Crippen LogP contribution in [0.3, 0.4) is 0 Å². The van der Waals surface area contributed by atoms with Crippen LogP contribution < -0.4 is 0 Å². The Morgan fingerprint density at radius 1 is 1.00 bits per heavy atom. The summed E-state index contributed by atoms with van der Waals surface area (Å²) in [6, 6.07) is 4.21. The standard InChI is InChI=1S/C19H26N4OS2/c24-18(23-6-2-1-3-7-23)14-22-10-8-21(9-11-22)13-16-15-26-19(20-16)17-5-4-12-25-17/h4-5,12,15H,1-3,6-11,13-14H2. The van der Waals surface area contributed by atoms with E-state index in [1.807, 2.05) is 0 Å². The highest BCUT2D eigenvalue weighted by Crippen LogP contribution is 2.28. The number of nitrogens with zero attached hydrogens (tertiary/aromatic N) is 4. The number of hydrogen-bond donors (Lipinski definition) is 0. The first kappa shape index (κ1) is 18.1. The fraction of sp³-hybridized carbons (Fsp3) is 0.579. The maximum atomic E-state index is 12.4. The van der Waals surface area contributed by atoms with E-state index in [2.05, 4.69) is 37.6 Å². The average Bonchev–Trinajstić information content (AvgIpc) is 3.36. The fourth-order valence-corrected chi connectivity index (χ4v) is 5.29. The van der Waals surface area contributed by atoms with Crippen LogP contribution in [0.4, 0.5) is 0 Å². The van der Waals surface area contributed by atoms with E-state index in [1.54, 1.807) is 22.7 Å². The van der Waals surface area contributed by atoms with Crippen molar-refractivity contribution in [2.24, 2.45) is 0 Å². The zero-order valence-corrected chi connectivity index (χ0v) is 16.7. The van der Waals surface area contributed by atoms with Crippen LogP contribution in [0.15, 0.2) is 22.9 Å². The van der Waals surface area contributed by atoms with Crippen molar-refractivity contribution in [3.8, 4) is 9.88 Å². The van der Waals surface area contributed by atoms with Crippen LogP contribution in [0.2, 0.25) is 0 Å². The third-order valence-corrected chi connectivity index (χ3v) is 7.13. The molecule has 0 aliphatic carbocycles. The molecule has 2 aromatic heterocycles. The zero-order chi connectivity index (χ0) is 17.8. The van der Waals surface area contributed by atoms with Crippen molar-refractivity contribution < 1.29 is 4.79 Å². The molecule has 26 heavy (non-hydrogen) atoms. The monoisotopic (exact) mass is 390 g/mol. The molecule has 4 rings (SSSR count). The largest absolute Gasteiger partial charge is 0.342 e. The summed E-state index contributed by atoms with van der Waals surface area (Å²) in [5, 5.41) is 5.41. The van der Waals surface area contributed by atoms with Gasteiger partial charge in [-0.3, -0.25) is 14.6 Å². The number of piperazine rings is 1. The molecule has 5 nitrogen and oxygen atoms in total. The Hall–Kier alpha value is -1.28. The lowest BCUT2D eigenvalue weighted by Gasteiger charge is -2.35. The van der Waals surface area contributed by atoms with Gasteiger partial charge in [0.05, 0.1) is 17.1 Å². The van der Waals surface area contributed by atoms with Gasteiger partial charge in [-0.1, -0.05) is 6.07 Å². The average molecular weight is 391 g/mol. The molecule has 2 aromatic rings. The smallest absolute Gasteiger partial charge is 0.236 e. The lowest BCUT2D eigenvalue weighted by atomic mass is 10.1. The summed E-state index contributed by atoms with van der Waals surface area (Å²) in [7, 11) is 0. The minimum absolute atomic E-state index is 0.318. The molecule has 0 bridgehead atoms. The Kier molecular flexibility index (Phi) is 5.99. The fourth-order valence-electron chi connectivity index (χ4n) is 3.66. The Balaban J connectivity index is 1.23. The lowest BCUT2D eigenvalue weighted by molar-refractivity contribution is -0.133. The molecular weight excluding hydrogens is 364 g/mol. The van der Waals surface area contributed by atoms with E-state index < -0.39 is 0 Å². The van der Waals surface area contributed by atoms with Gasteiger partial charge in [0.25, 0.3) is 0 Å². The van der Waals surface area contributed by atoms with Gasteiger partial charge in [0.2, 0.25) is 5.91 Å². The molecule has 1 amide bonds. The number of hydrogen-bond acceptors (Lipinski definition) is 6. The highest BCUT2D eigenvalue weighted by Gasteiger charge is 2.23. The number of likely N-dealkylation sites (tertiary alicyclic amines) is 1. The van der Waals surface area contributed by atoms with Gasteiger partial charge < -0.3 is 4.90 Å². The number of thiophene rings is 1. The SMILES string of the molecule is O=C(CN1CCN(Cc2csc(-c3cccs3)n2)CC1)N1CCCCC1. The van der Waals surface area contributed by atoms with Gasteiger partial charge in [-0.25, -0.2) is 4.98 Å². The highest BCUT2D eigenvalue weighted by atomic mass is 32.1. The Labute approximate surface area is 163 Å². The molecule has 0 unspecified atom stereocenters. The van der Waals surface area contributed by atoms with E-state index >= 15 is 0 Å². The second-order valence-corrected chi connectivity index (χ2v) is 8.92. The first-order chi connectivity index (χ1) is 12.8. The van der Waals surface area contributed by atoms with Crippen molar-refractivity contribution in [2.75, 3.05) is 45.8 Å². The summed E-state index contributed by atoms with van der Waals surface area (Å²) in [6.45, 7) is 7.38. The van der Waals surface area contributed by atoms with Crippen LogP contribution in [0.25, 0.3) is 9.88 Å². The number of carbonyl (C=O) groups excluding carboxylic acids is 1. The third kappa shape index (κ3) is 4.52. The minimum atomic E-state index is 0.318. The van der Waals surface area contributed by atoms with Gasteiger partial charge in [0, 0.05) is 51.2 Å². The first-order valence-electron chi connectivity index (χ1n) is 9.49. The first-order valence-corrected chi connectivity index (χ1v) is 11.2. The number of thiazole rings is 1. The van der Waals surface area contributed by atoms with Crippen LogP contribution in [-0.2, 0) is 11.3 Å². The molecular formula is C19H26N4OS2. The van der Waals surface area contributed by atoms with E-state index in [9.17, 15) is 4.79 Å². The normalized spacial score (nSPS) is 19.8. The third-order valence-electron chi connectivity index (χ3n) is 5.20. The summed E-state index contributed by atoms with van der Waals surface area (Å²) in [4.78, 5) is 25.3. The number of rotatable bonds is 5. The Morgan fingerprint density at radius 3 is 2.50 bits per heavy atom. The summed E-state index contributed by atoms with van der Waals surface area (Å²) in [6.07, 6.45) is 3.61. The van der Waals surface area contributed by atoms with Crippen molar-refractivity contribution in [3.05, 3.63) is 28.6 Å². The molecule has 2 aliphatic rings. The van der Waals surface area contributed by atoms with Gasteiger partial charge in [-0.15, -0.1) is 22.7 Å². The minimum Gasteiger partial charge on any atom is -0.342 e. The second-order valence-electron chi connectivity index (χ2n) is 7.12. The van der Waals surface area contributed by atoms with Gasteiger partial charge >= 0.3 is 0 Å². The quantitative estimate of drug-likeness (QED) is 0.787. The molecule has 4 heterocycles. The summed E-state index contributed by atoms with van der Waals surface area (Å²) in [5.74, 6) is 0.318. The van der Waals surface area contributed by atoms with Crippen LogP contribution in [0.5, 0.6) is 0 Å². The molecule has 140 valence electrons. The van der Waals surface area contributed by atoms with Crippen LogP contribution in [0.1, 0.15) is 25.0 Å². The predicted molar refractivity (Wildman–Crippen MR) is 108 cm³/mol. The molecule has 2 aliphatic heterocycles. The number of carbonyl (C=O) groups is 1. The van der Waals surface area contributed by atoms with Crippen molar-refractivity contribution in [2.45, 2.75) is 25.8 Å². The summed E-state index contributed by atoms with van der Waals surface area (Å²) >= 11 is 3.48. The Morgan fingerprint density at radius 2 is 1.77 bits per heavy atom. The molecule has 0 radical (unpaired) electrons. The van der Waals surface area contributed by atoms with E-state index in [1.165, 1.54) is 24.1 Å². The number of amides is 1. The predicted octanol–water partition coefficient (Wildman–Crippen LogP) is 3.00. The van der Waals surface area contributed by atoms with Crippen molar-refractivity contribution in [3.63, 3.8) is 0 Å². The van der Waals surface area contributed by atoms with Gasteiger partial charge in [0.15, 0.2) is 0 Å². The highest BCUT2D eigenvalue weighted by molar-refractivity contribution is 7.20. The molecule has 2 saturated heterocycles. The topological polar surface area (TPSA) is 39.7 Å². The lowest BCUT2D eigenvalue weighted by Crippen LogP contribution is -2.50. The van der Waals surface area contributed by atoms with E-state index in [0.717, 1.165) is 56.5 Å². The number of aromatic nitrogens is 1. The molecule has 0 aromatic carbocycles. The van der Waals surface area contributed by atoms with Crippen molar-refractivity contribution in [1.82, 2.24) is 19.7 Å². The number of piperidine rings is 1. The molecule has 7 heteroatoms. The molecule has 0 saturated carbocycles.